The van der Waals surface area contributed by atoms with Gasteiger partial charge in [0.25, 0.3) is 0 Å². The number of benzene rings is 1. The van der Waals surface area contributed by atoms with E-state index in [0.717, 1.165) is 17.1 Å². The summed E-state index contributed by atoms with van der Waals surface area (Å²) in [7, 11) is 0. The van der Waals surface area contributed by atoms with E-state index in [1.54, 1.807) is 0 Å². The van der Waals surface area contributed by atoms with E-state index in [2.05, 4.69) is 20.2 Å². The second-order valence-corrected chi connectivity index (χ2v) is 7.74. The minimum absolute atomic E-state index is 0.0338. The van der Waals surface area contributed by atoms with Gasteiger partial charge in [0.1, 0.15) is 0 Å². The molecule has 2 amide bonds. The van der Waals surface area contributed by atoms with Crippen molar-refractivity contribution in [1.82, 2.24) is 19.8 Å². The summed E-state index contributed by atoms with van der Waals surface area (Å²) >= 11 is 1.37. The molecule has 0 aliphatic carbocycles. The average molecular weight is 400 g/mol. The standard InChI is InChI=1S/C20H25N5O2S/c1-15-12-16(2)22-20(21-15)28-14-19(27)25-10-8-24(9-11-25)13-18(26)23-17-6-4-3-5-7-17/h3-7,12H,8-11,13-14H2,1-2H3,(H,23,26). The van der Waals surface area contributed by atoms with Crippen molar-refractivity contribution in [1.29, 1.82) is 0 Å². The molecule has 1 fully saturated rings. The van der Waals surface area contributed by atoms with E-state index in [9.17, 15) is 9.59 Å². The largest absolute Gasteiger partial charge is 0.339 e. The molecule has 0 radical (unpaired) electrons. The smallest absolute Gasteiger partial charge is 0.238 e. The minimum atomic E-state index is -0.0338. The van der Waals surface area contributed by atoms with Crippen molar-refractivity contribution in [3.63, 3.8) is 0 Å². The first-order chi connectivity index (χ1) is 13.5. The van der Waals surface area contributed by atoms with Gasteiger partial charge in [-0.2, -0.15) is 0 Å². The molecule has 7 nitrogen and oxygen atoms in total. The topological polar surface area (TPSA) is 78.4 Å². The van der Waals surface area contributed by atoms with Crippen LogP contribution in [-0.4, -0.2) is 70.1 Å². The fraction of sp³-hybridized carbons (Fsp3) is 0.400. The van der Waals surface area contributed by atoms with Gasteiger partial charge in [0.05, 0.1) is 12.3 Å². The Hall–Kier alpha value is -2.45. The Balaban J connectivity index is 1.40. The number of rotatable bonds is 6. The van der Waals surface area contributed by atoms with Crippen LogP contribution in [0.1, 0.15) is 11.4 Å². The summed E-state index contributed by atoms with van der Waals surface area (Å²) in [5, 5.41) is 3.53. The van der Waals surface area contributed by atoms with E-state index in [1.165, 1.54) is 11.8 Å². The van der Waals surface area contributed by atoms with Gasteiger partial charge in [-0.05, 0) is 32.0 Å². The number of aromatic nitrogens is 2. The maximum Gasteiger partial charge on any atom is 0.238 e. The Morgan fingerprint density at radius 3 is 2.32 bits per heavy atom. The molecular formula is C20H25N5O2S. The number of amides is 2. The molecule has 2 aromatic rings. The zero-order chi connectivity index (χ0) is 19.9. The van der Waals surface area contributed by atoms with Crippen molar-refractivity contribution in [3.8, 4) is 0 Å². The van der Waals surface area contributed by atoms with Crippen LogP contribution in [0.15, 0.2) is 41.6 Å². The van der Waals surface area contributed by atoms with E-state index < -0.39 is 0 Å². The number of anilines is 1. The molecule has 28 heavy (non-hydrogen) atoms. The molecule has 0 unspecified atom stereocenters. The Morgan fingerprint density at radius 2 is 1.68 bits per heavy atom. The zero-order valence-corrected chi connectivity index (χ0v) is 17.0. The number of nitrogens with zero attached hydrogens (tertiary/aromatic N) is 4. The highest BCUT2D eigenvalue weighted by Gasteiger charge is 2.22. The third-order valence-corrected chi connectivity index (χ3v) is 5.27. The van der Waals surface area contributed by atoms with Crippen molar-refractivity contribution >= 4 is 29.3 Å². The quantitative estimate of drug-likeness (QED) is 0.591. The van der Waals surface area contributed by atoms with E-state index in [4.69, 9.17) is 0 Å². The fourth-order valence-electron chi connectivity index (χ4n) is 3.06. The first kappa shape index (κ1) is 20.3. The van der Waals surface area contributed by atoms with Gasteiger partial charge in [-0.3, -0.25) is 14.5 Å². The Kier molecular flexibility index (Phi) is 7.00. The van der Waals surface area contributed by atoms with Crippen LogP contribution < -0.4 is 5.32 Å². The number of hydrogen-bond donors (Lipinski definition) is 1. The van der Waals surface area contributed by atoms with Crippen molar-refractivity contribution in [2.75, 3.05) is 43.8 Å². The molecule has 1 aliphatic heterocycles. The monoisotopic (exact) mass is 399 g/mol. The number of hydrogen-bond acceptors (Lipinski definition) is 6. The number of carbonyl (C=O) groups excluding carboxylic acids is 2. The molecule has 1 saturated heterocycles. The first-order valence-electron chi connectivity index (χ1n) is 9.30. The number of aryl methyl sites for hydroxylation is 2. The lowest BCUT2D eigenvalue weighted by atomic mass is 10.3. The normalized spacial score (nSPS) is 14.7. The molecule has 3 rings (SSSR count). The molecular weight excluding hydrogens is 374 g/mol. The zero-order valence-electron chi connectivity index (χ0n) is 16.2. The second-order valence-electron chi connectivity index (χ2n) is 6.79. The Bertz CT molecular complexity index is 802. The summed E-state index contributed by atoms with van der Waals surface area (Å²) in [4.78, 5) is 37.3. The molecule has 8 heteroatoms. The van der Waals surface area contributed by atoms with Crippen LogP contribution in [-0.2, 0) is 9.59 Å². The van der Waals surface area contributed by atoms with Crippen LogP contribution in [0.25, 0.3) is 0 Å². The molecule has 0 atom stereocenters. The van der Waals surface area contributed by atoms with Crippen LogP contribution in [0.4, 0.5) is 5.69 Å². The predicted molar refractivity (Wildman–Crippen MR) is 110 cm³/mol. The highest BCUT2D eigenvalue weighted by atomic mass is 32.2. The third-order valence-electron chi connectivity index (χ3n) is 4.44. The molecule has 0 spiro atoms. The number of para-hydroxylation sites is 1. The lowest BCUT2D eigenvalue weighted by Gasteiger charge is -2.34. The molecule has 1 N–H and O–H groups in total. The maximum absolute atomic E-state index is 12.5. The van der Waals surface area contributed by atoms with E-state index in [1.807, 2.05) is 55.1 Å². The van der Waals surface area contributed by atoms with Crippen LogP contribution in [0.3, 0.4) is 0 Å². The maximum atomic E-state index is 12.5. The van der Waals surface area contributed by atoms with Gasteiger partial charge < -0.3 is 10.2 Å². The van der Waals surface area contributed by atoms with Crippen molar-refractivity contribution in [2.24, 2.45) is 0 Å². The molecule has 0 bridgehead atoms. The van der Waals surface area contributed by atoms with E-state index in [-0.39, 0.29) is 11.8 Å². The van der Waals surface area contributed by atoms with E-state index >= 15 is 0 Å². The minimum Gasteiger partial charge on any atom is -0.339 e. The number of nitrogens with one attached hydrogen (secondary N) is 1. The summed E-state index contributed by atoms with van der Waals surface area (Å²) in [6.45, 7) is 6.83. The fourth-order valence-corrected chi connectivity index (χ4v) is 3.91. The average Bonchev–Trinajstić information content (AvgIpc) is 2.66. The van der Waals surface area contributed by atoms with Crippen LogP contribution in [0.2, 0.25) is 0 Å². The highest BCUT2D eigenvalue weighted by molar-refractivity contribution is 7.99. The highest BCUT2D eigenvalue weighted by Crippen LogP contribution is 2.15. The van der Waals surface area contributed by atoms with Gasteiger partial charge in [0, 0.05) is 43.3 Å². The van der Waals surface area contributed by atoms with Crippen LogP contribution in [0, 0.1) is 13.8 Å². The third kappa shape index (κ3) is 6.03. The van der Waals surface area contributed by atoms with Gasteiger partial charge in [0.2, 0.25) is 11.8 Å². The van der Waals surface area contributed by atoms with Crippen LogP contribution >= 0.6 is 11.8 Å². The van der Waals surface area contributed by atoms with Crippen LogP contribution in [0.5, 0.6) is 0 Å². The molecule has 2 heterocycles. The number of thioether (sulfide) groups is 1. The summed E-state index contributed by atoms with van der Waals surface area (Å²) in [5.74, 6) is 0.381. The number of carbonyl (C=O) groups is 2. The number of piperazine rings is 1. The molecule has 0 saturated carbocycles. The summed E-state index contributed by atoms with van der Waals surface area (Å²) in [6, 6.07) is 11.3. The lowest BCUT2D eigenvalue weighted by molar-refractivity contribution is -0.130. The van der Waals surface area contributed by atoms with E-state index in [0.29, 0.717) is 43.6 Å². The molecule has 148 valence electrons. The van der Waals surface area contributed by atoms with Crippen molar-refractivity contribution in [3.05, 3.63) is 47.8 Å². The molecule has 1 aromatic heterocycles. The Labute approximate surface area is 169 Å². The van der Waals surface area contributed by atoms with Gasteiger partial charge in [-0.25, -0.2) is 9.97 Å². The van der Waals surface area contributed by atoms with Gasteiger partial charge in [0.15, 0.2) is 5.16 Å². The predicted octanol–water partition coefficient (Wildman–Crippen LogP) is 1.97. The SMILES string of the molecule is Cc1cc(C)nc(SCC(=O)N2CCN(CC(=O)Nc3ccccc3)CC2)n1. The first-order valence-corrected chi connectivity index (χ1v) is 10.3. The summed E-state index contributed by atoms with van der Waals surface area (Å²) < 4.78 is 0. The Morgan fingerprint density at radius 1 is 1.04 bits per heavy atom. The van der Waals surface area contributed by atoms with Gasteiger partial charge in [-0.1, -0.05) is 30.0 Å². The summed E-state index contributed by atoms with van der Waals surface area (Å²) in [6.07, 6.45) is 0. The molecule has 1 aromatic carbocycles. The second kappa shape index (κ2) is 9.66. The lowest BCUT2D eigenvalue weighted by Crippen LogP contribution is -2.50. The van der Waals surface area contributed by atoms with Gasteiger partial charge >= 0.3 is 0 Å². The van der Waals surface area contributed by atoms with Crippen molar-refractivity contribution < 1.29 is 9.59 Å². The summed E-state index contributed by atoms with van der Waals surface area (Å²) in [5.41, 5.74) is 2.61. The van der Waals surface area contributed by atoms with Crippen molar-refractivity contribution in [2.45, 2.75) is 19.0 Å². The van der Waals surface area contributed by atoms with Gasteiger partial charge in [-0.15, -0.1) is 0 Å². The molecule has 1 aliphatic rings.